The Balaban J connectivity index is 1.96. The highest BCUT2D eigenvalue weighted by Gasteiger charge is 2.17. The number of hydrogen-bond donors (Lipinski definition) is 2. The number of rotatable bonds is 3. The van der Waals surface area contributed by atoms with E-state index in [0.29, 0.717) is 11.1 Å². The first kappa shape index (κ1) is 13.9. The molecule has 0 saturated heterocycles. The van der Waals surface area contributed by atoms with Crippen molar-refractivity contribution >= 4 is 28.5 Å². The van der Waals surface area contributed by atoms with Crippen LogP contribution in [0.4, 0.5) is 5.69 Å². The van der Waals surface area contributed by atoms with Crippen LogP contribution < -0.4 is 5.32 Å². The lowest BCUT2D eigenvalue weighted by Crippen LogP contribution is -2.15. The Hall–Kier alpha value is -3.08. The monoisotopic (exact) mass is 295 g/mol. The summed E-state index contributed by atoms with van der Waals surface area (Å²) in [4.78, 5) is 23.6. The summed E-state index contributed by atoms with van der Waals surface area (Å²) < 4.78 is 5.48. The summed E-state index contributed by atoms with van der Waals surface area (Å²) in [7, 11) is 0. The van der Waals surface area contributed by atoms with E-state index in [1.807, 2.05) is 18.2 Å². The highest BCUT2D eigenvalue weighted by molar-refractivity contribution is 6.08. The maximum absolute atomic E-state index is 12.3. The summed E-state index contributed by atoms with van der Waals surface area (Å²) in [5.74, 6) is -1.43. The SMILES string of the molecule is Cc1cccc(C(=O)O)c1NC(=O)c1cc2ccccc2o1. The minimum Gasteiger partial charge on any atom is -0.478 e. The molecule has 0 bridgehead atoms. The van der Waals surface area contributed by atoms with E-state index in [1.54, 1.807) is 31.2 Å². The van der Waals surface area contributed by atoms with Crippen molar-refractivity contribution in [2.45, 2.75) is 6.92 Å². The maximum Gasteiger partial charge on any atom is 0.337 e. The number of carbonyl (C=O) groups is 2. The molecule has 1 amide bonds. The number of para-hydroxylation sites is 2. The highest BCUT2D eigenvalue weighted by atomic mass is 16.4. The van der Waals surface area contributed by atoms with Gasteiger partial charge in [0, 0.05) is 5.39 Å². The first-order valence-electron chi connectivity index (χ1n) is 6.69. The van der Waals surface area contributed by atoms with Crippen molar-refractivity contribution in [3.05, 3.63) is 65.4 Å². The van der Waals surface area contributed by atoms with Gasteiger partial charge in [0.1, 0.15) is 5.58 Å². The van der Waals surface area contributed by atoms with Crippen molar-refractivity contribution in [1.82, 2.24) is 0 Å². The number of furan rings is 1. The molecule has 0 aliphatic heterocycles. The van der Waals surface area contributed by atoms with Gasteiger partial charge in [-0.15, -0.1) is 0 Å². The summed E-state index contributed by atoms with van der Waals surface area (Å²) >= 11 is 0. The van der Waals surface area contributed by atoms with Gasteiger partial charge in [-0.05, 0) is 30.7 Å². The summed E-state index contributed by atoms with van der Waals surface area (Å²) in [5, 5.41) is 12.7. The smallest absolute Gasteiger partial charge is 0.337 e. The minimum absolute atomic E-state index is 0.0458. The third kappa shape index (κ3) is 2.44. The normalized spacial score (nSPS) is 10.6. The fourth-order valence-corrected chi connectivity index (χ4v) is 2.28. The Bertz CT molecular complexity index is 846. The molecule has 2 aromatic carbocycles. The molecule has 5 heteroatoms. The van der Waals surface area contributed by atoms with Crippen molar-refractivity contribution in [3.63, 3.8) is 0 Å². The lowest BCUT2D eigenvalue weighted by atomic mass is 10.1. The van der Waals surface area contributed by atoms with Crippen LogP contribution in [0.2, 0.25) is 0 Å². The number of fused-ring (bicyclic) bond motifs is 1. The molecule has 1 heterocycles. The van der Waals surface area contributed by atoms with E-state index in [4.69, 9.17) is 4.42 Å². The Morgan fingerprint density at radius 1 is 1.09 bits per heavy atom. The largest absolute Gasteiger partial charge is 0.478 e. The van der Waals surface area contributed by atoms with E-state index >= 15 is 0 Å². The first-order valence-corrected chi connectivity index (χ1v) is 6.69. The standard InChI is InChI=1S/C17H13NO4/c1-10-5-4-7-12(17(20)21)15(10)18-16(19)14-9-11-6-2-3-8-13(11)22-14/h2-9H,1H3,(H,18,19)(H,20,21). The number of nitrogens with one attached hydrogen (secondary N) is 1. The molecule has 0 atom stereocenters. The molecule has 1 aromatic heterocycles. The Morgan fingerprint density at radius 3 is 2.59 bits per heavy atom. The van der Waals surface area contributed by atoms with Gasteiger partial charge in [-0.3, -0.25) is 4.79 Å². The van der Waals surface area contributed by atoms with E-state index in [1.165, 1.54) is 6.07 Å². The molecule has 22 heavy (non-hydrogen) atoms. The van der Waals surface area contributed by atoms with Crippen LogP contribution in [0.3, 0.4) is 0 Å². The molecular formula is C17H13NO4. The van der Waals surface area contributed by atoms with Gasteiger partial charge in [-0.2, -0.15) is 0 Å². The number of aromatic carboxylic acids is 1. The number of carboxylic acid groups (broad SMARTS) is 1. The highest BCUT2D eigenvalue weighted by Crippen LogP contribution is 2.23. The zero-order valence-electron chi connectivity index (χ0n) is 11.8. The van der Waals surface area contributed by atoms with Crippen LogP contribution in [-0.4, -0.2) is 17.0 Å². The second-order valence-corrected chi connectivity index (χ2v) is 4.91. The fraction of sp³-hybridized carbons (Fsp3) is 0.0588. The molecule has 3 rings (SSSR count). The van der Waals surface area contributed by atoms with Gasteiger partial charge in [0.25, 0.3) is 5.91 Å². The summed E-state index contributed by atoms with van der Waals surface area (Å²) in [5.41, 5.74) is 1.60. The third-order valence-corrected chi connectivity index (χ3v) is 3.39. The molecule has 0 aliphatic rings. The van der Waals surface area contributed by atoms with Gasteiger partial charge < -0.3 is 14.8 Å². The van der Waals surface area contributed by atoms with Crippen LogP contribution >= 0.6 is 0 Å². The van der Waals surface area contributed by atoms with Gasteiger partial charge in [0.2, 0.25) is 0 Å². The molecule has 0 fully saturated rings. The first-order chi connectivity index (χ1) is 10.6. The van der Waals surface area contributed by atoms with E-state index < -0.39 is 11.9 Å². The summed E-state index contributed by atoms with van der Waals surface area (Å²) in [6, 6.07) is 13.7. The average molecular weight is 295 g/mol. The fourth-order valence-electron chi connectivity index (χ4n) is 2.28. The van der Waals surface area contributed by atoms with Gasteiger partial charge >= 0.3 is 5.97 Å². The van der Waals surface area contributed by atoms with Crippen LogP contribution in [0.5, 0.6) is 0 Å². The molecule has 0 radical (unpaired) electrons. The summed E-state index contributed by atoms with van der Waals surface area (Å²) in [6.07, 6.45) is 0. The Labute approximate surface area is 126 Å². The van der Waals surface area contributed by atoms with Crippen molar-refractivity contribution in [1.29, 1.82) is 0 Å². The van der Waals surface area contributed by atoms with Crippen LogP contribution in [0.25, 0.3) is 11.0 Å². The predicted molar refractivity (Wildman–Crippen MR) is 82.3 cm³/mol. The number of hydrogen-bond acceptors (Lipinski definition) is 3. The van der Waals surface area contributed by atoms with Crippen LogP contribution in [0, 0.1) is 6.92 Å². The van der Waals surface area contributed by atoms with Crippen LogP contribution in [0.1, 0.15) is 26.5 Å². The Morgan fingerprint density at radius 2 is 1.86 bits per heavy atom. The molecule has 2 N–H and O–H groups in total. The van der Waals surface area contributed by atoms with Crippen LogP contribution in [0.15, 0.2) is 52.9 Å². The topological polar surface area (TPSA) is 79.5 Å². The minimum atomic E-state index is -1.09. The maximum atomic E-state index is 12.3. The number of aryl methyl sites for hydroxylation is 1. The molecule has 0 saturated carbocycles. The summed E-state index contributed by atoms with van der Waals surface area (Å²) in [6.45, 7) is 1.74. The van der Waals surface area contributed by atoms with E-state index in [-0.39, 0.29) is 17.0 Å². The second kappa shape index (κ2) is 5.37. The lowest BCUT2D eigenvalue weighted by Gasteiger charge is -2.10. The molecule has 0 spiro atoms. The van der Waals surface area contributed by atoms with Crippen molar-refractivity contribution in [2.75, 3.05) is 5.32 Å². The van der Waals surface area contributed by atoms with Crippen molar-refractivity contribution < 1.29 is 19.1 Å². The van der Waals surface area contributed by atoms with E-state index in [9.17, 15) is 14.7 Å². The van der Waals surface area contributed by atoms with E-state index in [2.05, 4.69) is 5.32 Å². The second-order valence-electron chi connectivity index (χ2n) is 4.91. The Kier molecular flexibility index (Phi) is 3.39. The molecule has 0 unspecified atom stereocenters. The zero-order valence-corrected chi connectivity index (χ0v) is 11.8. The lowest BCUT2D eigenvalue weighted by molar-refractivity contribution is 0.0698. The molecule has 0 aliphatic carbocycles. The number of carbonyl (C=O) groups excluding carboxylic acids is 1. The van der Waals surface area contributed by atoms with Crippen molar-refractivity contribution in [2.24, 2.45) is 0 Å². The van der Waals surface area contributed by atoms with Gasteiger partial charge in [0.15, 0.2) is 5.76 Å². The van der Waals surface area contributed by atoms with Gasteiger partial charge in [-0.25, -0.2) is 4.79 Å². The molecule has 5 nitrogen and oxygen atoms in total. The predicted octanol–water partition coefficient (Wildman–Crippen LogP) is 3.69. The van der Waals surface area contributed by atoms with Gasteiger partial charge in [0.05, 0.1) is 11.3 Å². The van der Waals surface area contributed by atoms with E-state index in [0.717, 1.165) is 5.39 Å². The average Bonchev–Trinajstić information content (AvgIpc) is 2.93. The molecular weight excluding hydrogens is 282 g/mol. The van der Waals surface area contributed by atoms with Gasteiger partial charge in [-0.1, -0.05) is 30.3 Å². The van der Waals surface area contributed by atoms with Crippen molar-refractivity contribution in [3.8, 4) is 0 Å². The number of benzene rings is 2. The number of amides is 1. The van der Waals surface area contributed by atoms with Crippen LogP contribution in [-0.2, 0) is 0 Å². The number of anilines is 1. The third-order valence-electron chi connectivity index (χ3n) is 3.39. The molecule has 110 valence electrons. The zero-order chi connectivity index (χ0) is 15.7. The quantitative estimate of drug-likeness (QED) is 0.772. The molecule has 3 aromatic rings. The number of carboxylic acids is 1.